The van der Waals surface area contributed by atoms with E-state index in [1.807, 2.05) is 0 Å². The summed E-state index contributed by atoms with van der Waals surface area (Å²) < 4.78 is 0. The van der Waals surface area contributed by atoms with Crippen LogP contribution in [-0.4, -0.2) is 0 Å². The Kier molecular flexibility index (Phi) is 11.1. The monoisotopic (exact) mass is 240 g/mol. The van der Waals surface area contributed by atoms with Crippen LogP contribution in [0.5, 0.6) is 0 Å². The molecule has 0 rings (SSSR count). The van der Waals surface area contributed by atoms with Gasteiger partial charge < -0.3 is 0 Å². The number of hydrogen-bond acceptors (Lipinski definition) is 0. The largest absolute Gasteiger partial charge is 0.0654 e. The Balaban J connectivity index is 4.02. The molecule has 0 aliphatic carbocycles. The molecule has 0 saturated carbocycles. The van der Waals surface area contributed by atoms with Gasteiger partial charge in [-0.1, -0.05) is 79.6 Å². The molecule has 0 fully saturated rings. The van der Waals surface area contributed by atoms with Crippen LogP contribution in [0.1, 0.15) is 92.4 Å². The molecular formula is C17H36. The second kappa shape index (κ2) is 11.1. The summed E-state index contributed by atoms with van der Waals surface area (Å²) in [6, 6.07) is 0. The third-order valence-corrected chi connectivity index (χ3v) is 4.00. The zero-order valence-corrected chi connectivity index (χ0v) is 13.1. The molecule has 0 nitrogen and oxygen atoms in total. The molecule has 104 valence electrons. The van der Waals surface area contributed by atoms with E-state index in [1.54, 1.807) is 0 Å². The molecule has 0 aromatic rings. The van der Waals surface area contributed by atoms with Gasteiger partial charge in [-0.2, -0.15) is 0 Å². The lowest BCUT2D eigenvalue weighted by Gasteiger charge is -2.23. The second-order valence-corrected chi connectivity index (χ2v) is 6.27. The molecule has 0 radical (unpaired) electrons. The van der Waals surface area contributed by atoms with Gasteiger partial charge >= 0.3 is 0 Å². The van der Waals surface area contributed by atoms with Crippen molar-refractivity contribution < 1.29 is 0 Å². The van der Waals surface area contributed by atoms with Gasteiger partial charge in [-0.05, 0) is 30.6 Å². The first-order valence-corrected chi connectivity index (χ1v) is 8.13. The molecule has 0 amide bonds. The first-order chi connectivity index (χ1) is 8.13. The molecule has 0 saturated heterocycles. The molecule has 0 heteroatoms. The first-order valence-electron chi connectivity index (χ1n) is 8.13. The predicted octanol–water partition coefficient (Wildman–Crippen LogP) is 6.45. The lowest BCUT2D eigenvalue weighted by atomic mass is 9.82. The topological polar surface area (TPSA) is 0 Å². The molecule has 0 spiro atoms. The summed E-state index contributed by atoms with van der Waals surface area (Å²) in [5.41, 5.74) is 0. The highest BCUT2D eigenvalue weighted by molar-refractivity contribution is 4.67. The quantitative estimate of drug-likeness (QED) is 0.389. The lowest BCUT2D eigenvalue weighted by molar-refractivity contribution is 0.284. The fourth-order valence-electron chi connectivity index (χ4n) is 3.18. The van der Waals surface area contributed by atoms with E-state index >= 15 is 0 Å². The minimum Gasteiger partial charge on any atom is -0.0654 e. The van der Waals surface area contributed by atoms with Crippen molar-refractivity contribution in [2.75, 3.05) is 0 Å². The maximum Gasteiger partial charge on any atom is -0.0409 e. The summed E-state index contributed by atoms with van der Waals surface area (Å²) >= 11 is 0. The lowest BCUT2D eigenvalue weighted by Crippen LogP contribution is -2.11. The Bertz CT molecular complexity index is 136. The van der Waals surface area contributed by atoms with Gasteiger partial charge in [-0.15, -0.1) is 0 Å². The Morgan fingerprint density at radius 2 is 1.12 bits per heavy atom. The van der Waals surface area contributed by atoms with Crippen molar-refractivity contribution in [2.24, 2.45) is 17.8 Å². The minimum atomic E-state index is 0.940. The molecule has 2 atom stereocenters. The van der Waals surface area contributed by atoms with E-state index in [9.17, 15) is 0 Å². The molecule has 0 heterocycles. The standard InChI is InChI=1S/C17H36/c1-6-9-12-17(13-15(4)10-7-2)14-16(5)11-8-3/h15-17H,6-14H2,1-5H3. The van der Waals surface area contributed by atoms with Gasteiger partial charge in [-0.3, -0.25) is 0 Å². The van der Waals surface area contributed by atoms with Crippen LogP contribution >= 0.6 is 0 Å². The van der Waals surface area contributed by atoms with Gasteiger partial charge in [0.05, 0.1) is 0 Å². The van der Waals surface area contributed by atoms with E-state index in [4.69, 9.17) is 0 Å². The van der Waals surface area contributed by atoms with Gasteiger partial charge in [0.15, 0.2) is 0 Å². The predicted molar refractivity (Wildman–Crippen MR) is 80.4 cm³/mol. The third kappa shape index (κ3) is 9.68. The van der Waals surface area contributed by atoms with Gasteiger partial charge in [0.25, 0.3) is 0 Å². The van der Waals surface area contributed by atoms with Crippen LogP contribution in [0.15, 0.2) is 0 Å². The molecular weight excluding hydrogens is 204 g/mol. The first kappa shape index (κ1) is 17.0. The van der Waals surface area contributed by atoms with E-state index in [-0.39, 0.29) is 0 Å². The van der Waals surface area contributed by atoms with E-state index in [0.29, 0.717) is 0 Å². The summed E-state index contributed by atoms with van der Waals surface area (Å²) in [5, 5.41) is 0. The van der Waals surface area contributed by atoms with Gasteiger partial charge in [0, 0.05) is 0 Å². The highest BCUT2D eigenvalue weighted by atomic mass is 14.2. The van der Waals surface area contributed by atoms with Crippen molar-refractivity contribution in [2.45, 2.75) is 92.4 Å². The molecule has 0 bridgehead atoms. The smallest absolute Gasteiger partial charge is 0.0409 e. The maximum atomic E-state index is 2.45. The maximum absolute atomic E-state index is 2.45. The van der Waals surface area contributed by atoms with Gasteiger partial charge in [0.2, 0.25) is 0 Å². The van der Waals surface area contributed by atoms with Crippen molar-refractivity contribution in [1.29, 1.82) is 0 Å². The summed E-state index contributed by atoms with van der Waals surface area (Å²) in [5.74, 6) is 2.88. The van der Waals surface area contributed by atoms with E-state index in [2.05, 4.69) is 34.6 Å². The molecule has 2 unspecified atom stereocenters. The number of hydrogen-bond donors (Lipinski definition) is 0. The fraction of sp³-hybridized carbons (Fsp3) is 1.00. The van der Waals surface area contributed by atoms with E-state index in [0.717, 1.165) is 17.8 Å². The Hall–Kier alpha value is 0. The van der Waals surface area contributed by atoms with Crippen LogP contribution in [0.2, 0.25) is 0 Å². The SMILES string of the molecule is CCCCC(CC(C)CCC)CC(C)CCC. The van der Waals surface area contributed by atoms with Crippen molar-refractivity contribution in [1.82, 2.24) is 0 Å². The van der Waals surface area contributed by atoms with Crippen LogP contribution in [0.25, 0.3) is 0 Å². The Morgan fingerprint density at radius 1 is 0.647 bits per heavy atom. The number of rotatable bonds is 11. The van der Waals surface area contributed by atoms with Gasteiger partial charge in [-0.25, -0.2) is 0 Å². The average molecular weight is 240 g/mol. The molecule has 0 aromatic carbocycles. The van der Waals surface area contributed by atoms with Crippen molar-refractivity contribution in [3.8, 4) is 0 Å². The molecule has 0 aliphatic rings. The van der Waals surface area contributed by atoms with Crippen LogP contribution in [0, 0.1) is 17.8 Å². The van der Waals surface area contributed by atoms with Crippen LogP contribution in [-0.2, 0) is 0 Å². The average Bonchev–Trinajstić information content (AvgIpc) is 2.26. The normalized spacial score (nSPS) is 16.8. The highest BCUT2D eigenvalue weighted by Crippen LogP contribution is 2.28. The van der Waals surface area contributed by atoms with Crippen molar-refractivity contribution in [3.05, 3.63) is 0 Å². The molecule has 17 heavy (non-hydrogen) atoms. The molecule has 0 aliphatic heterocycles. The summed E-state index contributed by atoms with van der Waals surface area (Å²) in [6.45, 7) is 11.9. The number of unbranched alkanes of at least 4 members (excludes halogenated alkanes) is 1. The van der Waals surface area contributed by atoms with Crippen molar-refractivity contribution >= 4 is 0 Å². The van der Waals surface area contributed by atoms with E-state index < -0.39 is 0 Å². The Labute approximate surface area is 111 Å². The summed E-state index contributed by atoms with van der Waals surface area (Å²) in [6.07, 6.45) is 12.8. The third-order valence-electron chi connectivity index (χ3n) is 4.00. The van der Waals surface area contributed by atoms with Crippen LogP contribution < -0.4 is 0 Å². The second-order valence-electron chi connectivity index (χ2n) is 6.27. The highest BCUT2D eigenvalue weighted by Gasteiger charge is 2.15. The molecule has 0 aromatic heterocycles. The van der Waals surface area contributed by atoms with E-state index in [1.165, 1.54) is 57.8 Å². The summed E-state index contributed by atoms with van der Waals surface area (Å²) in [7, 11) is 0. The van der Waals surface area contributed by atoms with Crippen LogP contribution in [0.3, 0.4) is 0 Å². The van der Waals surface area contributed by atoms with Crippen LogP contribution in [0.4, 0.5) is 0 Å². The minimum absolute atomic E-state index is 0.940. The van der Waals surface area contributed by atoms with Gasteiger partial charge in [0.1, 0.15) is 0 Å². The fourth-order valence-corrected chi connectivity index (χ4v) is 3.18. The van der Waals surface area contributed by atoms with Crippen molar-refractivity contribution in [3.63, 3.8) is 0 Å². The molecule has 0 N–H and O–H groups in total. The zero-order valence-electron chi connectivity index (χ0n) is 13.1. The Morgan fingerprint density at radius 3 is 1.47 bits per heavy atom. The zero-order chi connectivity index (χ0) is 13.1. The summed E-state index contributed by atoms with van der Waals surface area (Å²) in [4.78, 5) is 0.